The van der Waals surface area contributed by atoms with Crippen LogP contribution in [0.3, 0.4) is 0 Å². The molecule has 1 atom stereocenters. The minimum atomic E-state index is -0.160. The van der Waals surface area contributed by atoms with Crippen molar-refractivity contribution in [3.63, 3.8) is 0 Å². The number of nitrogens with zero attached hydrogens (tertiary/aromatic N) is 5. The maximum atomic E-state index is 13.0. The third-order valence-electron chi connectivity index (χ3n) is 6.35. The van der Waals surface area contributed by atoms with Gasteiger partial charge in [0.2, 0.25) is 0 Å². The lowest BCUT2D eigenvalue weighted by atomic mass is 9.96. The van der Waals surface area contributed by atoms with Crippen molar-refractivity contribution in [2.45, 2.75) is 33.4 Å². The third kappa shape index (κ3) is 4.12. The highest BCUT2D eigenvalue weighted by molar-refractivity contribution is 6.05. The quantitative estimate of drug-likeness (QED) is 0.482. The number of carbonyl (C=O) groups is 1. The van der Waals surface area contributed by atoms with Gasteiger partial charge in [-0.05, 0) is 61.7 Å². The summed E-state index contributed by atoms with van der Waals surface area (Å²) in [6.07, 6.45) is 3.48. The van der Waals surface area contributed by atoms with Gasteiger partial charge in [-0.15, -0.1) is 5.10 Å². The Hall–Kier alpha value is -3.78. The number of amides is 1. The van der Waals surface area contributed by atoms with Crippen molar-refractivity contribution in [2.24, 2.45) is 0 Å². The van der Waals surface area contributed by atoms with Crippen LogP contribution in [0.15, 0.2) is 54.9 Å². The first-order valence-electron chi connectivity index (χ1n) is 11.6. The molecule has 0 unspecified atom stereocenters. The van der Waals surface area contributed by atoms with Gasteiger partial charge in [-0.2, -0.15) is 10.2 Å². The van der Waals surface area contributed by atoms with Crippen LogP contribution in [0.5, 0.6) is 0 Å². The molecule has 4 aromatic rings. The van der Waals surface area contributed by atoms with Crippen LogP contribution in [0.2, 0.25) is 0 Å². The highest BCUT2D eigenvalue weighted by Crippen LogP contribution is 2.32. The van der Waals surface area contributed by atoms with E-state index in [4.69, 9.17) is 4.74 Å². The molecule has 0 spiro atoms. The molecule has 0 saturated carbocycles. The molecule has 8 heteroatoms. The van der Waals surface area contributed by atoms with E-state index >= 15 is 0 Å². The van der Waals surface area contributed by atoms with Gasteiger partial charge in [0.15, 0.2) is 5.82 Å². The smallest absolute Gasteiger partial charge is 0.256 e. The predicted molar refractivity (Wildman–Crippen MR) is 133 cm³/mol. The first kappa shape index (κ1) is 22.0. The lowest BCUT2D eigenvalue weighted by Crippen LogP contribution is -2.44. The van der Waals surface area contributed by atoms with Crippen molar-refractivity contribution in [3.05, 3.63) is 66.0 Å². The van der Waals surface area contributed by atoms with Crippen molar-refractivity contribution in [1.29, 1.82) is 0 Å². The Bertz CT molecular complexity index is 1350. The van der Waals surface area contributed by atoms with E-state index in [0.717, 1.165) is 39.8 Å². The number of aromatic nitrogens is 4. The van der Waals surface area contributed by atoms with Crippen molar-refractivity contribution < 1.29 is 9.53 Å². The number of hydrogen-bond donors (Lipinski definition) is 1. The van der Waals surface area contributed by atoms with Crippen molar-refractivity contribution >= 4 is 28.3 Å². The summed E-state index contributed by atoms with van der Waals surface area (Å²) in [5.74, 6) is 1.41. The molecule has 1 aliphatic heterocycles. The van der Waals surface area contributed by atoms with Gasteiger partial charge in [-0.25, -0.2) is 4.68 Å². The Morgan fingerprint density at radius 1 is 1.21 bits per heavy atom. The molecule has 1 amide bonds. The van der Waals surface area contributed by atoms with Crippen molar-refractivity contribution in [2.75, 3.05) is 30.0 Å². The lowest BCUT2D eigenvalue weighted by Gasteiger charge is -2.34. The summed E-state index contributed by atoms with van der Waals surface area (Å²) < 4.78 is 7.34. The Morgan fingerprint density at radius 2 is 2.09 bits per heavy atom. The van der Waals surface area contributed by atoms with Gasteiger partial charge in [0, 0.05) is 35.5 Å². The molecule has 5 rings (SSSR count). The summed E-state index contributed by atoms with van der Waals surface area (Å²) >= 11 is 0. The number of fused-ring (bicyclic) bond motifs is 1. The lowest BCUT2D eigenvalue weighted by molar-refractivity contribution is 0.0986. The zero-order chi connectivity index (χ0) is 23.7. The average molecular weight is 457 g/mol. The van der Waals surface area contributed by atoms with Gasteiger partial charge >= 0.3 is 0 Å². The number of benzene rings is 2. The monoisotopic (exact) mass is 456 g/mol. The number of anilines is 2. The minimum Gasteiger partial charge on any atom is -0.377 e. The van der Waals surface area contributed by atoms with E-state index in [1.165, 1.54) is 0 Å². The van der Waals surface area contributed by atoms with Crippen LogP contribution in [0, 0.1) is 6.92 Å². The summed E-state index contributed by atoms with van der Waals surface area (Å²) in [5, 5.41) is 18.0. The molecule has 0 aliphatic carbocycles. The van der Waals surface area contributed by atoms with E-state index in [2.05, 4.69) is 57.6 Å². The molecule has 1 aliphatic rings. The van der Waals surface area contributed by atoms with E-state index in [0.29, 0.717) is 31.1 Å². The summed E-state index contributed by atoms with van der Waals surface area (Å²) in [7, 11) is 0. The first-order valence-corrected chi connectivity index (χ1v) is 11.6. The molecule has 1 N–H and O–H groups in total. The number of rotatable bonds is 5. The molecule has 174 valence electrons. The van der Waals surface area contributed by atoms with Crippen LogP contribution in [-0.4, -0.2) is 51.7 Å². The Labute approximate surface area is 198 Å². The average Bonchev–Trinajstić information content (AvgIpc) is 3.31. The molecular formula is C26H28N6O2. The second-order valence-electron chi connectivity index (χ2n) is 8.60. The van der Waals surface area contributed by atoms with E-state index in [-0.39, 0.29) is 11.9 Å². The van der Waals surface area contributed by atoms with Gasteiger partial charge in [-0.1, -0.05) is 12.1 Å². The van der Waals surface area contributed by atoms with Gasteiger partial charge in [0.25, 0.3) is 5.91 Å². The van der Waals surface area contributed by atoms with Gasteiger partial charge in [-0.3, -0.25) is 4.79 Å². The van der Waals surface area contributed by atoms with Crippen LogP contribution in [0.4, 0.5) is 11.6 Å². The van der Waals surface area contributed by atoms with Crippen LogP contribution in [0.1, 0.15) is 29.8 Å². The number of aryl methyl sites for hydroxylation is 2. The van der Waals surface area contributed by atoms with Crippen LogP contribution >= 0.6 is 0 Å². The van der Waals surface area contributed by atoms with Crippen LogP contribution in [-0.2, 0) is 11.3 Å². The normalized spacial score (nSPS) is 16.1. The summed E-state index contributed by atoms with van der Waals surface area (Å²) in [6.45, 7) is 9.04. The van der Waals surface area contributed by atoms with E-state index in [9.17, 15) is 4.79 Å². The molecular weight excluding hydrogens is 428 g/mol. The first-order chi connectivity index (χ1) is 16.5. The van der Waals surface area contributed by atoms with E-state index in [1.54, 1.807) is 23.1 Å². The summed E-state index contributed by atoms with van der Waals surface area (Å²) in [4.78, 5) is 15.2. The number of ether oxygens (including phenoxy) is 1. The van der Waals surface area contributed by atoms with Gasteiger partial charge in [0.05, 0.1) is 31.6 Å². The standard InChI is InChI=1S/C26H28N6O2/c1-4-32-24(9-10-28-32)29-26(33)20-6-5-17(2)23(14-20)19-7-8-22-21(13-19)15-27-30-25(22)31-11-12-34-16-18(31)3/h5-10,13-15,18H,4,11-12,16H2,1-3H3,(H,29,33)/t18-/m0/s1. The molecule has 34 heavy (non-hydrogen) atoms. The molecule has 1 saturated heterocycles. The van der Waals surface area contributed by atoms with Crippen LogP contribution < -0.4 is 10.2 Å². The summed E-state index contributed by atoms with van der Waals surface area (Å²) in [6, 6.07) is 14.1. The third-order valence-corrected chi connectivity index (χ3v) is 6.35. The largest absolute Gasteiger partial charge is 0.377 e. The molecule has 1 fully saturated rings. The van der Waals surface area contributed by atoms with E-state index < -0.39 is 0 Å². The Morgan fingerprint density at radius 3 is 2.91 bits per heavy atom. The SMILES string of the molecule is CCn1nccc1NC(=O)c1ccc(C)c(-c2ccc3c(N4CCOC[C@@H]4C)nncc3c2)c1. The van der Waals surface area contributed by atoms with Gasteiger partial charge in [0.1, 0.15) is 5.82 Å². The second-order valence-corrected chi connectivity index (χ2v) is 8.60. The maximum absolute atomic E-state index is 13.0. The fourth-order valence-corrected chi connectivity index (χ4v) is 4.45. The highest BCUT2D eigenvalue weighted by atomic mass is 16.5. The van der Waals surface area contributed by atoms with E-state index in [1.807, 2.05) is 25.1 Å². The molecule has 8 nitrogen and oxygen atoms in total. The molecule has 2 aromatic heterocycles. The molecule has 2 aromatic carbocycles. The van der Waals surface area contributed by atoms with Crippen molar-refractivity contribution in [3.8, 4) is 11.1 Å². The fraction of sp³-hybridized carbons (Fsp3) is 0.308. The fourth-order valence-electron chi connectivity index (χ4n) is 4.45. The highest BCUT2D eigenvalue weighted by Gasteiger charge is 2.22. The Kier molecular flexibility index (Phi) is 5.98. The Balaban J connectivity index is 1.48. The minimum absolute atomic E-state index is 0.160. The van der Waals surface area contributed by atoms with Crippen molar-refractivity contribution in [1.82, 2.24) is 20.0 Å². The predicted octanol–water partition coefficient (Wildman–Crippen LogP) is 4.30. The topological polar surface area (TPSA) is 85.2 Å². The number of carbonyl (C=O) groups excluding carboxylic acids is 1. The zero-order valence-corrected chi connectivity index (χ0v) is 19.7. The second kappa shape index (κ2) is 9.23. The zero-order valence-electron chi connectivity index (χ0n) is 19.7. The number of nitrogens with one attached hydrogen (secondary N) is 1. The number of morpholine rings is 1. The summed E-state index contributed by atoms with van der Waals surface area (Å²) in [5.41, 5.74) is 3.74. The molecule has 0 radical (unpaired) electrons. The number of hydrogen-bond acceptors (Lipinski definition) is 6. The van der Waals surface area contributed by atoms with Gasteiger partial charge < -0.3 is 15.0 Å². The molecule has 3 heterocycles. The van der Waals surface area contributed by atoms with Crippen LogP contribution in [0.25, 0.3) is 21.9 Å². The molecule has 0 bridgehead atoms. The maximum Gasteiger partial charge on any atom is 0.256 e.